The van der Waals surface area contributed by atoms with Gasteiger partial charge >= 0.3 is 0 Å². The zero-order valence-electron chi connectivity index (χ0n) is 13.5. The van der Waals surface area contributed by atoms with Gasteiger partial charge in [0.05, 0.1) is 12.2 Å². The molecule has 0 unspecified atom stereocenters. The molecule has 0 aliphatic carbocycles. The molecule has 3 rings (SSSR count). The average molecular weight is 365 g/mol. The Hall–Kier alpha value is -2.32. The van der Waals surface area contributed by atoms with Crippen LogP contribution < -0.4 is 5.32 Å². The van der Waals surface area contributed by atoms with Crippen LogP contribution in [0.15, 0.2) is 51.8 Å². The van der Waals surface area contributed by atoms with E-state index in [4.69, 9.17) is 0 Å². The van der Waals surface area contributed by atoms with Gasteiger partial charge in [0, 0.05) is 12.1 Å². The van der Waals surface area contributed by atoms with Crippen molar-refractivity contribution in [3.8, 4) is 0 Å². The number of amidine groups is 1. The normalized spacial score (nSPS) is 15.4. The summed E-state index contributed by atoms with van der Waals surface area (Å²) in [6, 6.07) is 10.2. The van der Waals surface area contributed by atoms with E-state index >= 15 is 0 Å². The maximum atomic E-state index is 13.8. The monoisotopic (exact) mass is 365 g/mol. The maximum Gasteiger partial charge on any atom is 0.286 e. The van der Waals surface area contributed by atoms with Crippen molar-refractivity contribution >= 4 is 21.5 Å². The lowest BCUT2D eigenvalue weighted by atomic mass is 10.2. The Balaban J connectivity index is 1.83. The summed E-state index contributed by atoms with van der Waals surface area (Å²) in [5.41, 5.74) is 0.393. The summed E-state index contributed by atoms with van der Waals surface area (Å²) in [5, 5.41) is 2.97. The van der Waals surface area contributed by atoms with E-state index in [-0.39, 0.29) is 29.4 Å². The molecule has 0 spiro atoms. The Kier molecular flexibility index (Phi) is 4.82. The van der Waals surface area contributed by atoms with Crippen molar-refractivity contribution in [2.75, 3.05) is 18.4 Å². The highest BCUT2D eigenvalue weighted by molar-refractivity contribution is 7.90. The summed E-state index contributed by atoms with van der Waals surface area (Å²) < 4.78 is 56.0. The van der Waals surface area contributed by atoms with Crippen LogP contribution in [0.1, 0.15) is 12.5 Å². The van der Waals surface area contributed by atoms with Crippen molar-refractivity contribution in [3.63, 3.8) is 0 Å². The molecule has 1 N–H and O–H groups in total. The Morgan fingerprint density at radius 2 is 1.72 bits per heavy atom. The van der Waals surface area contributed by atoms with E-state index in [1.807, 2.05) is 6.92 Å². The predicted molar refractivity (Wildman–Crippen MR) is 92.0 cm³/mol. The standard InChI is InChI=1S/C17H17F2N3O2S/c1-2-22(10-12-13(18)6-5-7-14(12)19)11-17-20-15-8-3-4-9-16(15)25(23,24)21-17/h3-9H,2,10-11H2,1H3,(H,20,21). The number of benzene rings is 2. The van der Waals surface area contributed by atoms with Gasteiger partial charge in [0.15, 0.2) is 0 Å². The van der Waals surface area contributed by atoms with E-state index in [1.54, 1.807) is 23.1 Å². The number of nitrogens with one attached hydrogen (secondary N) is 1. The average Bonchev–Trinajstić information content (AvgIpc) is 2.56. The molecular formula is C17H17F2N3O2S. The highest BCUT2D eigenvalue weighted by Gasteiger charge is 2.25. The van der Waals surface area contributed by atoms with Gasteiger partial charge in [-0.1, -0.05) is 25.1 Å². The van der Waals surface area contributed by atoms with E-state index in [9.17, 15) is 17.2 Å². The molecule has 0 saturated heterocycles. The molecule has 0 amide bonds. The summed E-state index contributed by atoms with van der Waals surface area (Å²) in [7, 11) is -3.78. The third-order valence-corrected chi connectivity index (χ3v) is 5.31. The topological polar surface area (TPSA) is 61.8 Å². The summed E-state index contributed by atoms with van der Waals surface area (Å²) >= 11 is 0. The van der Waals surface area contributed by atoms with Crippen LogP contribution in [0.25, 0.3) is 0 Å². The van der Waals surface area contributed by atoms with Gasteiger partial charge in [0.25, 0.3) is 10.0 Å². The zero-order chi connectivity index (χ0) is 18.0. The number of hydrogen-bond acceptors (Lipinski definition) is 4. The highest BCUT2D eigenvalue weighted by atomic mass is 32.2. The molecule has 5 nitrogen and oxygen atoms in total. The third-order valence-electron chi connectivity index (χ3n) is 3.94. The minimum atomic E-state index is -3.78. The van der Waals surface area contributed by atoms with Crippen LogP contribution in [0.4, 0.5) is 14.5 Å². The minimum absolute atomic E-state index is 0.0113. The Labute approximate surface area is 145 Å². The van der Waals surface area contributed by atoms with Crippen molar-refractivity contribution < 1.29 is 17.2 Å². The Morgan fingerprint density at radius 3 is 2.40 bits per heavy atom. The number of sulfonamides is 1. The zero-order valence-corrected chi connectivity index (χ0v) is 14.4. The Morgan fingerprint density at radius 1 is 1.04 bits per heavy atom. The molecule has 0 aromatic heterocycles. The summed E-state index contributed by atoms with van der Waals surface area (Å²) in [5.74, 6) is -1.04. The maximum absolute atomic E-state index is 13.8. The molecule has 1 aliphatic heterocycles. The van der Waals surface area contributed by atoms with Crippen LogP contribution in [-0.4, -0.2) is 32.2 Å². The molecule has 1 aliphatic rings. The molecule has 0 atom stereocenters. The van der Waals surface area contributed by atoms with Gasteiger partial charge in [-0.25, -0.2) is 8.78 Å². The fraction of sp³-hybridized carbons (Fsp3) is 0.235. The van der Waals surface area contributed by atoms with Crippen LogP contribution >= 0.6 is 0 Å². The van der Waals surface area contributed by atoms with Crippen LogP contribution in [0.2, 0.25) is 0 Å². The van der Waals surface area contributed by atoms with Gasteiger partial charge in [0.2, 0.25) is 0 Å². The summed E-state index contributed by atoms with van der Waals surface area (Å²) in [6.07, 6.45) is 0. The van der Waals surface area contributed by atoms with Crippen LogP contribution in [0.3, 0.4) is 0 Å². The number of halogens is 2. The van der Waals surface area contributed by atoms with E-state index < -0.39 is 21.7 Å². The lowest BCUT2D eigenvalue weighted by Crippen LogP contribution is -2.35. The molecular weight excluding hydrogens is 348 g/mol. The van der Waals surface area contributed by atoms with Gasteiger partial charge in [-0.15, -0.1) is 4.40 Å². The highest BCUT2D eigenvalue weighted by Crippen LogP contribution is 2.26. The van der Waals surface area contributed by atoms with Crippen molar-refractivity contribution in [1.82, 2.24) is 4.90 Å². The first-order valence-electron chi connectivity index (χ1n) is 7.76. The molecule has 0 saturated carbocycles. The second-order valence-electron chi connectivity index (χ2n) is 5.64. The molecule has 1 heterocycles. The quantitative estimate of drug-likeness (QED) is 0.885. The third kappa shape index (κ3) is 3.69. The van der Waals surface area contributed by atoms with Gasteiger partial charge in [-0.2, -0.15) is 8.42 Å². The second-order valence-corrected chi connectivity index (χ2v) is 7.21. The van der Waals surface area contributed by atoms with E-state index in [0.29, 0.717) is 12.2 Å². The number of rotatable bonds is 5. The van der Waals surface area contributed by atoms with E-state index in [2.05, 4.69) is 9.71 Å². The largest absolute Gasteiger partial charge is 0.341 e. The smallest absolute Gasteiger partial charge is 0.286 e. The molecule has 132 valence electrons. The molecule has 0 radical (unpaired) electrons. The van der Waals surface area contributed by atoms with Crippen molar-refractivity contribution in [3.05, 3.63) is 59.7 Å². The molecule has 8 heteroatoms. The Bertz CT molecular complexity index is 909. The number of para-hydroxylation sites is 1. The van der Waals surface area contributed by atoms with Crippen molar-refractivity contribution in [2.45, 2.75) is 18.4 Å². The summed E-state index contributed by atoms with van der Waals surface area (Å²) in [4.78, 5) is 1.82. The molecule has 25 heavy (non-hydrogen) atoms. The van der Waals surface area contributed by atoms with Gasteiger partial charge in [0.1, 0.15) is 22.4 Å². The van der Waals surface area contributed by atoms with E-state index in [1.165, 1.54) is 24.3 Å². The molecule has 2 aromatic rings. The van der Waals surface area contributed by atoms with Crippen LogP contribution in [-0.2, 0) is 16.6 Å². The first-order chi connectivity index (χ1) is 11.9. The fourth-order valence-corrected chi connectivity index (χ4v) is 3.77. The second kappa shape index (κ2) is 6.89. The van der Waals surface area contributed by atoms with E-state index in [0.717, 1.165) is 0 Å². The SMILES string of the molecule is CCN(CC1=NS(=O)(=O)c2ccccc2N1)Cc1c(F)cccc1F. The number of likely N-dealkylation sites (N-methyl/N-ethyl adjacent to an activating group) is 1. The molecule has 0 fully saturated rings. The summed E-state index contributed by atoms with van der Waals surface area (Å²) in [6.45, 7) is 2.43. The molecule has 2 aromatic carbocycles. The van der Waals surface area contributed by atoms with Gasteiger partial charge in [-0.05, 0) is 30.8 Å². The number of nitrogens with zero attached hydrogens (tertiary/aromatic N) is 2. The van der Waals surface area contributed by atoms with Gasteiger partial charge < -0.3 is 5.32 Å². The fourth-order valence-electron chi connectivity index (χ4n) is 2.63. The number of hydrogen-bond donors (Lipinski definition) is 1. The predicted octanol–water partition coefficient (Wildman–Crippen LogP) is 3.00. The number of fused-ring (bicyclic) bond motifs is 1. The van der Waals surface area contributed by atoms with Crippen molar-refractivity contribution in [2.24, 2.45) is 4.40 Å². The lowest BCUT2D eigenvalue weighted by Gasteiger charge is -2.24. The van der Waals surface area contributed by atoms with Gasteiger partial charge in [-0.3, -0.25) is 4.90 Å². The van der Waals surface area contributed by atoms with Crippen molar-refractivity contribution in [1.29, 1.82) is 0 Å². The first-order valence-corrected chi connectivity index (χ1v) is 9.20. The minimum Gasteiger partial charge on any atom is -0.341 e. The van der Waals surface area contributed by atoms with Crippen LogP contribution in [0.5, 0.6) is 0 Å². The first kappa shape index (κ1) is 17.5. The van der Waals surface area contributed by atoms with Crippen LogP contribution in [0, 0.1) is 11.6 Å². The number of anilines is 1. The lowest BCUT2D eigenvalue weighted by molar-refractivity contribution is 0.308. The molecule has 0 bridgehead atoms.